The second-order valence-electron chi connectivity index (χ2n) is 5.17. The number of hydrogen-bond donors (Lipinski definition) is 1. The average Bonchev–Trinajstić information content (AvgIpc) is 2.39. The first kappa shape index (κ1) is 14.3. The van der Waals surface area contributed by atoms with Gasteiger partial charge in [-0.3, -0.25) is 0 Å². The Bertz CT molecular complexity index is 425. The molecule has 1 saturated heterocycles. The van der Waals surface area contributed by atoms with E-state index in [1.54, 1.807) is 6.07 Å². The maximum absolute atomic E-state index is 14.3. The molecule has 3 nitrogen and oxygen atoms in total. The predicted octanol–water partition coefficient (Wildman–Crippen LogP) is 2.55. The van der Waals surface area contributed by atoms with Gasteiger partial charge in [0.1, 0.15) is 5.82 Å². The maximum atomic E-state index is 14.3. The first-order valence-electron chi connectivity index (χ1n) is 6.97. The number of rotatable bonds is 4. The Labute approximate surface area is 114 Å². The molecule has 1 heterocycles. The Kier molecular flexibility index (Phi) is 4.77. The molecule has 0 amide bonds. The highest BCUT2D eigenvalue weighted by atomic mass is 19.1. The summed E-state index contributed by atoms with van der Waals surface area (Å²) in [5.74, 6) is -0.139. The fraction of sp³-hybridized carbons (Fsp3) is 0.600. The molecule has 2 atom stereocenters. The molecule has 0 spiro atoms. The number of halogens is 1. The number of ether oxygens (including phenoxy) is 1. The van der Waals surface area contributed by atoms with Crippen LogP contribution in [0, 0.1) is 5.82 Å². The highest BCUT2D eigenvalue weighted by Gasteiger charge is 2.27. The topological polar surface area (TPSA) is 24.5 Å². The summed E-state index contributed by atoms with van der Waals surface area (Å²) in [6.45, 7) is 6.26. The van der Waals surface area contributed by atoms with Crippen molar-refractivity contribution in [3.63, 3.8) is 0 Å². The highest BCUT2D eigenvalue weighted by molar-refractivity contribution is 5.50. The molecule has 1 fully saturated rings. The van der Waals surface area contributed by atoms with Crippen molar-refractivity contribution in [2.75, 3.05) is 25.1 Å². The normalized spacial score (nSPS) is 23.7. The average molecular weight is 266 g/mol. The van der Waals surface area contributed by atoms with Gasteiger partial charge in [-0.25, -0.2) is 4.39 Å². The van der Waals surface area contributed by atoms with E-state index in [9.17, 15) is 4.39 Å². The minimum absolute atomic E-state index is 0.139. The number of morpholine rings is 1. The predicted molar refractivity (Wildman–Crippen MR) is 76.0 cm³/mol. The molecule has 2 rings (SSSR count). The molecule has 106 valence electrons. The number of hydrogen-bond acceptors (Lipinski definition) is 3. The van der Waals surface area contributed by atoms with Crippen LogP contribution in [0.3, 0.4) is 0 Å². The molecular formula is C15H23FN2O. The molecule has 1 aromatic rings. The van der Waals surface area contributed by atoms with Crippen molar-refractivity contribution in [2.24, 2.45) is 0 Å². The first-order valence-corrected chi connectivity index (χ1v) is 6.97. The van der Waals surface area contributed by atoms with E-state index in [-0.39, 0.29) is 18.0 Å². The van der Waals surface area contributed by atoms with Crippen LogP contribution >= 0.6 is 0 Å². The highest BCUT2D eigenvalue weighted by Crippen LogP contribution is 2.27. The van der Waals surface area contributed by atoms with Crippen molar-refractivity contribution in [1.82, 2.24) is 5.32 Å². The number of anilines is 1. The number of benzene rings is 1. The van der Waals surface area contributed by atoms with E-state index in [0.717, 1.165) is 18.5 Å². The standard InChI is InChI=1S/C15H23FN2O/c1-4-13-10-19-11(2)9-18(13)15-6-5-12(8-17-3)7-14(15)16/h5-7,11,13,17H,4,8-10H2,1-3H3. The van der Waals surface area contributed by atoms with E-state index in [2.05, 4.69) is 17.1 Å². The maximum Gasteiger partial charge on any atom is 0.146 e. The summed E-state index contributed by atoms with van der Waals surface area (Å²) in [7, 11) is 1.86. The van der Waals surface area contributed by atoms with Gasteiger partial charge in [-0.1, -0.05) is 13.0 Å². The number of nitrogens with one attached hydrogen (secondary N) is 1. The molecule has 1 N–H and O–H groups in total. The van der Waals surface area contributed by atoms with Crippen LogP contribution < -0.4 is 10.2 Å². The van der Waals surface area contributed by atoms with Crippen LogP contribution in [0.2, 0.25) is 0 Å². The van der Waals surface area contributed by atoms with Gasteiger partial charge < -0.3 is 15.0 Å². The van der Waals surface area contributed by atoms with E-state index >= 15 is 0 Å². The Morgan fingerprint density at radius 1 is 1.47 bits per heavy atom. The molecular weight excluding hydrogens is 243 g/mol. The molecule has 2 unspecified atom stereocenters. The summed E-state index contributed by atoms with van der Waals surface area (Å²) in [6, 6.07) is 5.77. The van der Waals surface area contributed by atoms with Crippen LogP contribution in [0.5, 0.6) is 0 Å². The van der Waals surface area contributed by atoms with Crippen molar-refractivity contribution < 1.29 is 9.13 Å². The van der Waals surface area contributed by atoms with Gasteiger partial charge in [0.05, 0.1) is 24.4 Å². The summed E-state index contributed by atoms with van der Waals surface area (Å²) in [5.41, 5.74) is 1.67. The zero-order valence-corrected chi connectivity index (χ0v) is 11.9. The van der Waals surface area contributed by atoms with Crippen molar-refractivity contribution in [2.45, 2.75) is 39.0 Å². The van der Waals surface area contributed by atoms with Crippen molar-refractivity contribution in [3.8, 4) is 0 Å². The van der Waals surface area contributed by atoms with Gasteiger partial charge in [0, 0.05) is 13.1 Å². The minimum atomic E-state index is -0.139. The molecule has 0 radical (unpaired) electrons. The Balaban J connectivity index is 2.23. The zero-order chi connectivity index (χ0) is 13.8. The molecule has 4 heteroatoms. The first-order chi connectivity index (χ1) is 9.15. The molecule has 1 aliphatic rings. The smallest absolute Gasteiger partial charge is 0.146 e. The Hall–Kier alpha value is -1.13. The van der Waals surface area contributed by atoms with E-state index in [1.807, 2.05) is 26.1 Å². The summed E-state index contributed by atoms with van der Waals surface area (Å²) < 4.78 is 19.9. The largest absolute Gasteiger partial charge is 0.375 e. The fourth-order valence-electron chi connectivity index (χ4n) is 2.57. The third kappa shape index (κ3) is 3.25. The van der Waals surface area contributed by atoms with E-state index < -0.39 is 0 Å². The lowest BCUT2D eigenvalue weighted by atomic mass is 10.1. The monoisotopic (exact) mass is 266 g/mol. The second-order valence-corrected chi connectivity index (χ2v) is 5.17. The quantitative estimate of drug-likeness (QED) is 0.906. The van der Waals surface area contributed by atoms with Crippen molar-refractivity contribution >= 4 is 5.69 Å². The molecule has 1 aromatic carbocycles. The SMILES string of the molecule is CCC1COC(C)CN1c1ccc(CNC)cc1F. The molecule has 0 aliphatic carbocycles. The Morgan fingerprint density at radius 2 is 2.26 bits per heavy atom. The third-order valence-corrected chi connectivity index (χ3v) is 3.64. The Morgan fingerprint density at radius 3 is 2.89 bits per heavy atom. The zero-order valence-electron chi connectivity index (χ0n) is 11.9. The van der Waals surface area contributed by atoms with Gasteiger partial charge in [-0.2, -0.15) is 0 Å². The van der Waals surface area contributed by atoms with Crippen LogP contribution in [0.15, 0.2) is 18.2 Å². The lowest BCUT2D eigenvalue weighted by Crippen LogP contribution is -2.49. The van der Waals surface area contributed by atoms with Crippen LogP contribution in [0.1, 0.15) is 25.8 Å². The molecule has 0 saturated carbocycles. The van der Waals surface area contributed by atoms with E-state index in [0.29, 0.717) is 18.8 Å². The van der Waals surface area contributed by atoms with Gasteiger partial charge >= 0.3 is 0 Å². The van der Waals surface area contributed by atoms with Crippen LogP contribution in [0.4, 0.5) is 10.1 Å². The summed E-state index contributed by atoms with van der Waals surface area (Å²) >= 11 is 0. The van der Waals surface area contributed by atoms with Gasteiger partial charge in [0.2, 0.25) is 0 Å². The fourth-order valence-corrected chi connectivity index (χ4v) is 2.57. The molecule has 0 aromatic heterocycles. The summed E-state index contributed by atoms with van der Waals surface area (Å²) in [5, 5.41) is 3.04. The summed E-state index contributed by atoms with van der Waals surface area (Å²) in [6.07, 6.45) is 1.11. The van der Waals surface area contributed by atoms with E-state index in [4.69, 9.17) is 4.74 Å². The lowest BCUT2D eigenvalue weighted by Gasteiger charge is -2.40. The lowest BCUT2D eigenvalue weighted by molar-refractivity contribution is 0.0297. The third-order valence-electron chi connectivity index (χ3n) is 3.64. The van der Waals surface area contributed by atoms with Crippen LogP contribution in [-0.4, -0.2) is 32.3 Å². The van der Waals surface area contributed by atoms with E-state index in [1.165, 1.54) is 0 Å². The van der Waals surface area contributed by atoms with Gasteiger partial charge in [0.25, 0.3) is 0 Å². The minimum Gasteiger partial charge on any atom is -0.375 e. The molecule has 19 heavy (non-hydrogen) atoms. The van der Waals surface area contributed by atoms with Crippen molar-refractivity contribution in [1.29, 1.82) is 0 Å². The van der Waals surface area contributed by atoms with Crippen LogP contribution in [0.25, 0.3) is 0 Å². The van der Waals surface area contributed by atoms with Gasteiger partial charge in [-0.05, 0) is 38.1 Å². The van der Waals surface area contributed by atoms with Gasteiger partial charge in [0.15, 0.2) is 0 Å². The number of nitrogens with zero attached hydrogens (tertiary/aromatic N) is 1. The molecule has 1 aliphatic heterocycles. The van der Waals surface area contributed by atoms with Gasteiger partial charge in [-0.15, -0.1) is 0 Å². The molecule has 0 bridgehead atoms. The van der Waals surface area contributed by atoms with Crippen molar-refractivity contribution in [3.05, 3.63) is 29.6 Å². The summed E-state index contributed by atoms with van der Waals surface area (Å²) in [4.78, 5) is 2.15. The van der Waals surface area contributed by atoms with Crippen LogP contribution in [-0.2, 0) is 11.3 Å². The second kappa shape index (κ2) is 6.35.